The number of likely N-dealkylation sites (N-methyl/N-ethyl adjacent to an activating group) is 1. The van der Waals surface area contributed by atoms with Gasteiger partial charge in [-0.2, -0.15) is 4.99 Å². The zero-order valence-corrected chi connectivity index (χ0v) is 23.6. The molecule has 0 saturated carbocycles. The van der Waals surface area contributed by atoms with E-state index >= 15 is 0 Å². The second-order valence-corrected chi connectivity index (χ2v) is 12.7. The Balaban J connectivity index is 1.72. The van der Waals surface area contributed by atoms with Crippen molar-refractivity contribution >= 4 is 40.1 Å². The fraction of sp³-hybridized carbons (Fsp3) is 0.333. The monoisotopic (exact) mass is 516 g/mol. The Morgan fingerprint density at radius 3 is 2.11 bits per heavy atom. The van der Waals surface area contributed by atoms with Crippen LogP contribution in [0.4, 0.5) is 11.4 Å². The molecule has 7 heteroatoms. The molecule has 1 aliphatic rings. The van der Waals surface area contributed by atoms with Crippen LogP contribution >= 0.6 is 11.3 Å². The maximum atomic E-state index is 11.2. The molecule has 0 fully saturated rings. The van der Waals surface area contributed by atoms with Crippen LogP contribution in [0.25, 0.3) is 5.70 Å². The van der Waals surface area contributed by atoms with E-state index < -0.39 is 0 Å². The van der Waals surface area contributed by atoms with Crippen LogP contribution in [0.2, 0.25) is 0 Å². The first-order valence-corrected chi connectivity index (χ1v) is 13.4. The summed E-state index contributed by atoms with van der Waals surface area (Å²) in [5.41, 5.74) is 11.3. The number of hydrogen-bond donors (Lipinski definition) is 4. The molecule has 2 heterocycles. The maximum Gasteiger partial charge on any atom is 0.227 e. The molecule has 0 bridgehead atoms. The smallest absolute Gasteiger partial charge is 0.227 e. The van der Waals surface area contributed by atoms with Crippen LogP contribution in [0.5, 0.6) is 5.75 Å². The van der Waals surface area contributed by atoms with Crippen LogP contribution in [0.1, 0.15) is 63.1 Å². The lowest BCUT2D eigenvalue weighted by Crippen LogP contribution is -2.47. The molecule has 2 aromatic carbocycles. The van der Waals surface area contributed by atoms with Gasteiger partial charge in [-0.3, -0.25) is 5.41 Å². The minimum atomic E-state index is -0.225. The number of benzene rings is 2. The number of aromatic hydroxyl groups is 1. The highest BCUT2D eigenvalue weighted by Gasteiger charge is 2.37. The van der Waals surface area contributed by atoms with Crippen molar-refractivity contribution in [3.8, 4) is 5.75 Å². The molecule has 3 aromatic rings. The molecule has 6 nitrogen and oxygen atoms in total. The van der Waals surface area contributed by atoms with Crippen molar-refractivity contribution in [3.63, 3.8) is 0 Å². The lowest BCUT2D eigenvalue weighted by Gasteiger charge is -2.28. The molecule has 4 rings (SSSR count). The predicted molar refractivity (Wildman–Crippen MR) is 159 cm³/mol. The van der Waals surface area contributed by atoms with Gasteiger partial charge in [-0.25, -0.2) is 4.48 Å². The van der Waals surface area contributed by atoms with Gasteiger partial charge in [0.1, 0.15) is 29.2 Å². The molecule has 0 saturated heterocycles. The predicted octanol–water partition coefficient (Wildman–Crippen LogP) is 6.79. The van der Waals surface area contributed by atoms with Crippen LogP contribution in [0.3, 0.4) is 0 Å². The SMILES string of the molecule is CC(C)(C)c1cc(C2=C[N+](C)(c3ccc(NC(=N)c4cccs4)cc3)C(CN)=N2)cc(C(C)(C)C)c1O. The first-order valence-electron chi connectivity index (χ1n) is 12.5. The van der Waals surface area contributed by atoms with E-state index in [0.29, 0.717) is 22.6 Å². The van der Waals surface area contributed by atoms with Gasteiger partial charge >= 0.3 is 0 Å². The standard InChI is InChI=1S/C30H37N5OS/c1-29(2,3)22-15-19(16-23(27(22)36)30(4,5)6)24-18-35(7,26(17-31)34-24)21-12-10-20(11-13-21)33-28(32)25-9-8-14-37-25/h8-16,18H,17,31H2,1-7H3,(H2-,32,33,36)/p+1. The summed E-state index contributed by atoms with van der Waals surface area (Å²) in [5.74, 6) is 1.58. The Morgan fingerprint density at radius 1 is 1.03 bits per heavy atom. The van der Waals surface area contributed by atoms with Crippen molar-refractivity contribution in [2.24, 2.45) is 10.7 Å². The molecule has 1 unspecified atom stereocenters. The summed E-state index contributed by atoms with van der Waals surface area (Å²) in [7, 11) is 2.09. The lowest BCUT2D eigenvalue weighted by molar-refractivity contribution is 0.423. The van der Waals surface area contributed by atoms with E-state index in [2.05, 4.69) is 72.2 Å². The number of amidine groups is 2. The van der Waals surface area contributed by atoms with Gasteiger partial charge in [-0.1, -0.05) is 47.6 Å². The molecule has 0 spiro atoms. The van der Waals surface area contributed by atoms with Crippen molar-refractivity contribution < 1.29 is 5.11 Å². The number of aliphatic imine (C=N–C) groups is 1. The largest absolute Gasteiger partial charge is 0.507 e. The summed E-state index contributed by atoms with van der Waals surface area (Å²) >= 11 is 1.54. The molecular weight excluding hydrogens is 478 g/mol. The van der Waals surface area contributed by atoms with Crippen molar-refractivity contribution in [2.75, 3.05) is 18.9 Å². The van der Waals surface area contributed by atoms with E-state index in [1.54, 1.807) is 0 Å². The number of rotatable bonds is 5. The first-order chi connectivity index (χ1) is 17.2. The highest BCUT2D eigenvalue weighted by atomic mass is 32.1. The molecule has 0 amide bonds. The normalized spacial score (nSPS) is 17.9. The van der Waals surface area contributed by atoms with Crippen LogP contribution in [-0.4, -0.2) is 30.4 Å². The summed E-state index contributed by atoms with van der Waals surface area (Å²) in [6.45, 7) is 13.0. The number of nitrogens with zero attached hydrogens (tertiary/aromatic N) is 2. The number of nitrogens with two attached hydrogens (primary N) is 1. The number of phenolic OH excluding ortho intramolecular Hbond substituents is 1. The van der Waals surface area contributed by atoms with E-state index in [1.165, 1.54) is 11.3 Å². The second kappa shape index (κ2) is 9.56. The zero-order valence-electron chi connectivity index (χ0n) is 22.8. The average molecular weight is 517 g/mol. The van der Waals surface area contributed by atoms with Crippen molar-refractivity contribution in [3.05, 3.63) is 81.7 Å². The molecule has 1 aromatic heterocycles. The summed E-state index contributed by atoms with van der Waals surface area (Å²) in [5, 5.41) is 24.6. The van der Waals surface area contributed by atoms with Crippen molar-refractivity contribution in [2.45, 2.75) is 52.4 Å². The van der Waals surface area contributed by atoms with Crippen molar-refractivity contribution in [1.82, 2.24) is 4.48 Å². The van der Waals surface area contributed by atoms with E-state index in [4.69, 9.17) is 16.1 Å². The molecular formula is C30H38N5OS+. The maximum absolute atomic E-state index is 11.2. The van der Waals surface area contributed by atoms with E-state index in [0.717, 1.165) is 44.5 Å². The van der Waals surface area contributed by atoms with Gasteiger partial charge in [0.25, 0.3) is 0 Å². The summed E-state index contributed by atoms with van der Waals surface area (Å²) < 4.78 is 0.366. The van der Waals surface area contributed by atoms with Gasteiger partial charge in [0.05, 0.1) is 18.5 Å². The quantitative estimate of drug-likeness (QED) is 0.171. The van der Waals surface area contributed by atoms with E-state index in [1.807, 2.05) is 41.8 Å². The van der Waals surface area contributed by atoms with E-state index in [-0.39, 0.29) is 10.8 Å². The highest BCUT2D eigenvalue weighted by molar-refractivity contribution is 7.12. The van der Waals surface area contributed by atoms with Crippen LogP contribution in [0, 0.1) is 5.41 Å². The third-order valence-electron chi connectivity index (χ3n) is 6.81. The highest BCUT2D eigenvalue weighted by Crippen LogP contribution is 2.42. The molecule has 37 heavy (non-hydrogen) atoms. The summed E-state index contributed by atoms with van der Waals surface area (Å²) in [6, 6.07) is 16.1. The number of quaternary nitrogens is 1. The number of phenols is 1. The van der Waals surface area contributed by atoms with Crippen LogP contribution in [0.15, 0.2) is 65.1 Å². The lowest BCUT2D eigenvalue weighted by atomic mass is 9.78. The molecule has 5 N–H and O–H groups in total. The number of thiophene rings is 1. The van der Waals surface area contributed by atoms with Gasteiger partial charge in [-0.15, -0.1) is 11.3 Å². The minimum absolute atomic E-state index is 0.225. The van der Waals surface area contributed by atoms with Crippen molar-refractivity contribution in [1.29, 1.82) is 5.41 Å². The van der Waals surface area contributed by atoms with Crippen LogP contribution < -0.4 is 15.5 Å². The average Bonchev–Trinajstić information content (AvgIpc) is 3.47. The van der Waals surface area contributed by atoms with Gasteiger partial charge < -0.3 is 16.2 Å². The molecule has 0 radical (unpaired) electrons. The van der Waals surface area contributed by atoms with E-state index in [9.17, 15) is 5.11 Å². The molecule has 0 aliphatic carbocycles. The number of anilines is 1. The van der Waals surface area contributed by atoms with Gasteiger partial charge in [-0.05, 0) is 46.5 Å². The van der Waals surface area contributed by atoms with Crippen LogP contribution in [-0.2, 0) is 10.8 Å². The second-order valence-electron chi connectivity index (χ2n) is 11.8. The Labute approximate surface area is 224 Å². The number of hydrogen-bond acceptors (Lipinski definition) is 5. The Kier molecular flexibility index (Phi) is 6.92. The summed E-state index contributed by atoms with van der Waals surface area (Å²) in [6.07, 6.45) is 2.13. The molecule has 1 atom stereocenters. The van der Waals surface area contributed by atoms with Gasteiger partial charge in [0, 0.05) is 34.5 Å². The Bertz CT molecular complexity index is 1340. The Hall–Kier alpha value is -3.26. The minimum Gasteiger partial charge on any atom is -0.507 e. The Morgan fingerprint density at radius 2 is 1.62 bits per heavy atom. The fourth-order valence-corrected chi connectivity index (χ4v) is 5.23. The topological polar surface area (TPSA) is 94.5 Å². The third-order valence-corrected chi connectivity index (χ3v) is 7.70. The van der Waals surface area contributed by atoms with Gasteiger partial charge in [0.15, 0.2) is 0 Å². The van der Waals surface area contributed by atoms with Gasteiger partial charge in [0.2, 0.25) is 5.84 Å². The molecule has 1 aliphatic heterocycles. The summed E-state index contributed by atoms with van der Waals surface area (Å²) in [4.78, 5) is 5.88. The zero-order chi connectivity index (χ0) is 27.2. The fourth-order valence-electron chi connectivity index (χ4n) is 4.60. The molecule has 194 valence electrons. The number of nitrogens with one attached hydrogen (secondary N) is 2. The first kappa shape index (κ1) is 26.8. The third kappa shape index (κ3) is 5.25.